The Bertz CT molecular complexity index is 1040. The minimum Gasteiger partial charge on any atom is -0.505 e. The number of nitrogens with one attached hydrogen (secondary N) is 2. The van der Waals surface area contributed by atoms with Crippen molar-refractivity contribution in [1.29, 1.82) is 5.26 Å². The van der Waals surface area contributed by atoms with Crippen molar-refractivity contribution in [3.63, 3.8) is 0 Å². The molecule has 0 saturated heterocycles. The van der Waals surface area contributed by atoms with Crippen molar-refractivity contribution in [2.45, 2.75) is 12.6 Å². The Kier molecular flexibility index (Phi) is 5.52. The lowest BCUT2D eigenvalue weighted by atomic mass is 9.94. The highest BCUT2D eigenvalue weighted by atomic mass is 16.3. The van der Waals surface area contributed by atoms with Crippen LogP contribution in [0.4, 0.5) is 5.69 Å². The molecular weight excluding hydrogens is 372 g/mol. The number of nitriles is 1. The quantitative estimate of drug-likeness (QED) is 0.546. The fraction of sp³-hybridized carbons (Fsp3) is 0.190. The maximum absolute atomic E-state index is 12.3. The monoisotopic (exact) mass is 392 g/mol. The van der Waals surface area contributed by atoms with Gasteiger partial charge < -0.3 is 25.7 Å². The molecule has 0 radical (unpaired) electrons. The molecule has 8 heteroatoms. The van der Waals surface area contributed by atoms with Crippen molar-refractivity contribution in [2.75, 3.05) is 19.4 Å². The number of benzene rings is 2. The summed E-state index contributed by atoms with van der Waals surface area (Å²) in [4.78, 5) is 25.7. The molecule has 4 N–H and O–H groups in total. The Morgan fingerprint density at radius 1 is 1.24 bits per heavy atom. The number of aliphatic hydroxyl groups excluding tert-OH is 1. The number of anilines is 1. The number of hydrogen-bond donors (Lipinski definition) is 4. The van der Waals surface area contributed by atoms with Crippen molar-refractivity contribution >= 4 is 17.4 Å². The van der Waals surface area contributed by atoms with Gasteiger partial charge in [-0.05, 0) is 17.7 Å². The van der Waals surface area contributed by atoms with Crippen LogP contribution in [-0.2, 0) is 11.3 Å². The summed E-state index contributed by atoms with van der Waals surface area (Å²) in [6, 6.07) is 14.0. The van der Waals surface area contributed by atoms with Crippen LogP contribution in [0.5, 0.6) is 5.75 Å². The van der Waals surface area contributed by atoms with Crippen LogP contribution >= 0.6 is 0 Å². The first-order valence-electron chi connectivity index (χ1n) is 8.83. The first-order chi connectivity index (χ1) is 13.8. The van der Waals surface area contributed by atoms with Crippen LogP contribution < -0.4 is 10.6 Å². The van der Waals surface area contributed by atoms with Gasteiger partial charge in [0, 0.05) is 20.6 Å². The normalized spacial score (nSPS) is 15.4. The summed E-state index contributed by atoms with van der Waals surface area (Å²) in [6.45, 7) is 0.389. The van der Waals surface area contributed by atoms with E-state index >= 15 is 0 Å². The van der Waals surface area contributed by atoms with Gasteiger partial charge in [0.15, 0.2) is 11.9 Å². The van der Waals surface area contributed by atoms with E-state index in [0.29, 0.717) is 6.54 Å². The molecule has 0 bridgehead atoms. The highest BCUT2D eigenvalue weighted by Gasteiger charge is 2.38. The lowest BCUT2D eigenvalue weighted by Crippen LogP contribution is -2.45. The molecule has 8 nitrogen and oxygen atoms in total. The van der Waals surface area contributed by atoms with E-state index in [2.05, 4.69) is 10.6 Å². The van der Waals surface area contributed by atoms with Gasteiger partial charge in [0.25, 0.3) is 5.91 Å². The summed E-state index contributed by atoms with van der Waals surface area (Å²) in [5, 5.41) is 35.5. The molecule has 0 saturated carbocycles. The number of Topliss-reactive ketones (excluding diaryl/α,β-unsaturated/α-hetero) is 1. The number of aromatic hydroxyl groups is 1. The number of ketones is 1. The summed E-state index contributed by atoms with van der Waals surface area (Å²) in [5.41, 5.74) is 1.41. The van der Waals surface area contributed by atoms with Gasteiger partial charge in [0.1, 0.15) is 5.70 Å². The molecular formula is C21H20N4O4. The van der Waals surface area contributed by atoms with Crippen molar-refractivity contribution in [3.8, 4) is 11.8 Å². The lowest BCUT2D eigenvalue weighted by molar-refractivity contribution is -0.124. The lowest BCUT2D eigenvalue weighted by Gasteiger charge is -2.30. The largest absolute Gasteiger partial charge is 0.505 e. The fourth-order valence-electron chi connectivity index (χ4n) is 2.90. The first kappa shape index (κ1) is 19.9. The second-order valence-electron chi connectivity index (χ2n) is 6.75. The molecule has 0 aliphatic heterocycles. The predicted molar refractivity (Wildman–Crippen MR) is 106 cm³/mol. The number of phenolic OH excluding ortho intramolecular Hbond substituents is 1. The Hall–Kier alpha value is -3.83. The number of hydrogen-bond acceptors (Lipinski definition) is 7. The molecule has 0 aromatic heterocycles. The SMILES string of the molecule is CN(C)C(=O)c1cc(C#N)cc(NC2=C(NCc3ccccc3)C(O)C2=O)c1O. The minimum absolute atomic E-state index is 0.0310. The highest BCUT2D eigenvalue weighted by Crippen LogP contribution is 2.34. The summed E-state index contributed by atoms with van der Waals surface area (Å²) in [7, 11) is 3.04. The van der Waals surface area contributed by atoms with Gasteiger partial charge in [-0.25, -0.2) is 0 Å². The third kappa shape index (κ3) is 3.90. The third-order valence-electron chi connectivity index (χ3n) is 4.50. The number of carbonyl (C=O) groups excluding carboxylic acids is 2. The van der Waals surface area contributed by atoms with Gasteiger partial charge in [-0.2, -0.15) is 5.26 Å². The van der Waals surface area contributed by atoms with Crippen LogP contribution in [0.2, 0.25) is 0 Å². The smallest absolute Gasteiger partial charge is 0.257 e. The average Bonchev–Trinajstić information content (AvgIpc) is 2.73. The zero-order valence-electron chi connectivity index (χ0n) is 15.9. The number of carbonyl (C=O) groups is 2. The van der Waals surface area contributed by atoms with Gasteiger partial charge in [0.2, 0.25) is 5.78 Å². The van der Waals surface area contributed by atoms with Crippen LogP contribution in [0.15, 0.2) is 53.9 Å². The summed E-state index contributed by atoms with van der Waals surface area (Å²) in [5.74, 6) is -1.42. The number of nitrogens with zero attached hydrogens (tertiary/aromatic N) is 2. The van der Waals surface area contributed by atoms with E-state index in [0.717, 1.165) is 5.56 Å². The van der Waals surface area contributed by atoms with Gasteiger partial charge in [-0.1, -0.05) is 30.3 Å². The van der Waals surface area contributed by atoms with Crippen LogP contribution in [0.25, 0.3) is 0 Å². The Labute approximate surface area is 167 Å². The van der Waals surface area contributed by atoms with Gasteiger partial charge in [-0.3, -0.25) is 9.59 Å². The molecule has 0 spiro atoms. The van der Waals surface area contributed by atoms with E-state index in [1.54, 1.807) is 0 Å². The molecule has 3 rings (SSSR count). The fourth-order valence-corrected chi connectivity index (χ4v) is 2.90. The van der Waals surface area contributed by atoms with E-state index in [9.17, 15) is 25.1 Å². The van der Waals surface area contributed by atoms with E-state index in [1.165, 1.54) is 31.1 Å². The van der Waals surface area contributed by atoms with Crippen molar-refractivity contribution in [1.82, 2.24) is 10.2 Å². The summed E-state index contributed by atoms with van der Waals surface area (Å²) in [6.07, 6.45) is -1.30. The molecule has 2 aromatic rings. The molecule has 1 atom stereocenters. The van der Waals surface area contributed by atoms with E-state index < -0.39 is 17.8 Å². The second-order valence-corrected chi connectivity index (χ2v) is 6.75. The molecule has 1 aliphatic carbocycles. The number of aliphatic hydroxyl groups is 1. The van der Waals surface area contributed by atoms with Gasteiger partial charge in [-0.15, -0.1) is 0 Å². The van der Waals surface area contributed by atoms with E-state index in [1.807, 2.05) is 36.4 Å². The van der Waals surface area contributed by atoms with Crippen LogP contribution in [0.3, 0.4) is 0 Å². The molecule has 1 aliphatic rings. The van der Waals surface area contributed by atoms with Crippen molar-refractivity contribution < 1.29 is 19.8 Å². The first-order valence-corrected chi connectivity index (χ1v) is 8.83. The maximum Gasteiger partial charge on any atom is 0.257 e. The molecule has 0 heterocycles. The standard InChI is InChI=1S/C21H20N4O4/c1-25(2)21(29)14-8-13(10-22)9-15(18(14)26)24-17-16(19(27)20(17)28)23-11-12-6-4-3-5-7-12/h3-9,19,23-24,26-27H,11H2,1-2H3. The van der Waals surface area contributed by atoms with Crippen LogP contribution in [0.1, 0.15) is 21.5 Å². The van der Waals surface area contributed by atoms with Gasteiger partial charge in [0.05, 0.1) is 28.6 Å². The van der Waals surface area contributed by atoms with E-state index in [4.69, 9.17) is 0 Å². The molecule has 2 aromatic carbocycles. The molecule has 29 heavy (non-hydrogen) atoms. The minimum atomic E-state index is -1.30. The molecule has 1 unspecified atom stereocenters. The number of phenols is 1. The van der Waals surface area contributed by atoms with Crippen LogP contribution in [-0.4, -0.2) is 47.0 Å². The molecule has 148 valence electrons. The molecule has 0 fully saturated rings. The Morgan fingerprint density at radius 3 is 2.55 bits per heavy atom. The topological polar surface area (TPSA) is 126 Å². The predicted octanol–water partition coefficient (Wildman–Crippen LogP) is 1.32. The number of rotatable bonds is 6. The third-order valence-corrected chi connectivity index (χ3v) is 4.50. The zero-order valence-corrected chi connectivity index (χ0v) is 15.9. The number of amides is 1. The van der Waals surface area contributed by atoms with Crippen molar-refractivity contribution in [2.24, 2.45) is 0 Å². The molecule has 1 amide bonds. The summed E-state index contributed by atoms with van der Waals surface area (Å²) < 4.78 is 0. The average molecular weight is 392 g/mol. The Morgan fingerprint density at radius 2 is 1.93 bits per heavy atom. The van der Waals surface area contributed by atoms with Crippen molar-refractivity contribution in [3.05, 3.63) is 70.5 Å². The summed E-state index contributed by atoms with van der Waals surface area (Å²) >= 11 is 0. The van der Waals surface area contributed by atoms with Crippen LogP contribution in [0, 0.1) is 11.3 Å². The van der Waals surface area contributed by atoms with E-state index in [-0.39, 0.29) is 34.0 Å². The highest BCUT2D eigenvalue weighted by molar-refractivity contribution is 6.11. The Balaban J connectivity index is 1.91. The van der Waals surface area contributed by atoms with Gasteiger partial charge >= 0.3 is 0 Å². The maximum atomic E-state index is 12.3. The second kappa shape index (κ2) is 8.04. The zero-order chi connectivity index (χ0) is 21.1.